The van der Waals surface area contributed by atoms with Gasteiger partial charge in [0.25, 0.3) is 0 Å². The molecule has 0 fully saturated rings. The van der Waals surface area contributed by atoms with E-state index in [-0.39, 0.29) is 25.7 Å². The zero-order valence-electron chi connectivity index (χ0n) is 68.5. The molecule has 5 atom stereocenters. The van der Waals surface area contributed by atoms with Crippen molar-refractivity contribution in [3.63, 3.8) is 0 Å². The minimum Gasteiger partial charge on any atom is -0.462 e. The maximum Gasteiger partial charge on any atom is 0.472 e. The number of hydrogen-bond donors (Lipinski definition) is 3. The smallest absolute Gasteiger partial charge is 0.462 e. The summed E-state index contributed by atoms with van der Waals surface area (Å²) < 4.78 is 68.8. The fraction of sp³-hybridized carbons (Fsp3) is 0.953. The zero-order valence-corrected chi connectivity index (χ0v) is 70.3. The van der Waals surface area contributed by atoms with E-state index >= 15 is 0 Å². The molecule has 0 aromatic rings. The lowest BCUT2D eigenvalue weighted by Gasteiger charge is -2.21. The van der Waals surface area contributed by atoms with E-state index in [0.717, 1.165) is 108 Å². The van der Waals surface area contributed by atoms with Crippen LogP contribution in [0.3, 0.4) is 0 Å². The van der Waals surface area contributed by atoms with E-state index < -0.39 is 97.5 Å². The van der Waals surface area contributed by atoms with Crippen LogP contribution in [0.1, 0.15) is 447 Å². The number of carbonyl (C=O) groups excluding carboxylic acids is 4. The van der Waals surface area contributed by atoms with Crippen molar-refractivity contribution in [1.82, 2.24) is 0 Å². The van der Waals surface area contributed by atoms with Gasteiger partial charge in [-0.15, -0.1) is 0 Å². The van der Waals surface area contributed by atoms with Crippen LogP contribution in [0.25, 0.3) is 0 Å². The molecule has 0 heterocycles. The third kappa shape index (κ3) is 78.2. The Labute approximate surface area is 638 Å². The fourth-order valence-electron chi connectivity index (χ4n) is 13.2. The molecule has 3 N–H and O–H groups in total. The summed E-state index contributed by atoms with van der Waals surface area (Å²) >= 11 is 0. The number of ether oxygens (including phenoxy) is 4. The monoisotopic (exact) mass is 1520 g/mol. The van der Waals surface area contributed by atoms with Crippen LogP contribution < -0.4 is 0 Å². The highest BCUT2D eigenvalue weighted by Crippen LogP contribution is 2.45. The second-order valence-electron chi connectivity index (χ2n) is 32.0. The normalized spacial score (nSPS) is 13.9. The Balaban J connectivity index is 5.21. The van der Waals surface area contributed by atoms with E-state index in [9.17, 15) is 43.2 Å². The number of hydrogen-bond acceptors (Lipinski definition) is 15. The zero-order chi connectivity index (χ0) is 76.5. The summed E-state index contributed by atoms with van der Waals surface area (Å²) in [7, 11) is -9.92. The van der Waals surface area contributed by atoms with Gasteiger partial charge in [-0.05, 0) is 43.4 Å². The summed E-state index contributed by atoms with van der Waals surface area (Å²) in [6, 6.07) is 0. The lowest BCUT2D eigenvalue weighted by Crippen LogP contribution is -2.30. The molecule has 19 heteroatoms. The van der Waals surface area contributed by atoms with Gasteiger partial charge in [0.05, 0.1) is 26.4 Å². The van der Waals surface area contributed by atoms with E-state index in [2.05, 4.69) is 48.5 Å². The first-order valence-electron chi connectivity index (χ1n) is 43.8. The number of aliphatic hydroxyl groups is 1. The van der Waals surface area contributed by atoms with Crippen molar-refractivity contribution in [3.05, 3.63) is 0 Å². The standard InChI is InChI=1S/C85H166O17P2/c1-8-9-10-11-12-35-45-52-59-66-82(87)95-72-80(101-85(90)69-62-55-48-41-34-28-22-25-31-38-44-51-58-65-78(6)7)74-99-103(91,92)97-70-79(86)71-98-104(93,94)100-75-81(73-96-83(88)67-60-53-46-39-32-26-21-17-19-24-30-37-43-50-57-64-77(4)5)102-84(89)68-61-54-47-40-33-27-20-16-14-13-15-18-23-29-36-42-49-56-63-76(2)3/h76-81,86H,8-75H2,1-7H3,(H,91,92)(H,93,94)/t79-,80+,81+/m0/s1. The van der Waals surface area contributed by atoms with Gasteiger partial charge in [-0.2, -0.15) is 0 Å². The van der Waals surface area contributed by atoms with Crippen molar-refractivity contribution in [2.75, 3.05) is 39.6 Å². The quantitative estimate of drug-likeness (QED) is 0.0222. The number of aliphatic hydroxyl groups excluding tert-OH is 1. The van der Waals surface area contributed by atoms with Gasteiger partial charge in [0, 0.05) is 25.7 Å². The lowest BCUT2D eigenvalue weighted by molar-refractivity contribution is -0.161. The van der Waals surface area contributed by atoms with Crippen LogP contribution in [-0.2, 0) is 65.4 Å². The average Bonchev–Trinajstić information content (AvgIpc) is 0.906. The molecule has 618 valence electrons. The minimum absolute atomic E-state index is 0.107. The van der Waals surface area contributed by atoms with E-state index in [1.807, 2.05) is 0 Å². The SMILES string of the molecule is CCCCCCCCCCCC(=O)OC[C@H](COP(=O)(O)OC[C@H](O)COP(=O)(O)OC[C@@H](COC(=O)CCCCCCCCCCCCCCCCCC(C)C)OC(=O)CCCCCCCCCCCCCCCCCCCCC(C)C)OC(=O)CCCCCCCCCCCCCCCC(C)C. The Bertz CT molecular complexity index is 2010. The van der Waals surface area contributed by atoms with Crippen LogP contribution in [0.15, 0.2) is 0 Å². The highest BCUT2D eigenvalue weighted by Gasteiger charge is 2.30. The Kier molecular flexibility index (Phi) is 73.7. The van der Waals surface area contributed by atoms with Gasteiger partial charge in [0.1, 0.15) is 19.3 Å². The van der Waals surface area contributed by atoms with Gasteiger partial charge in [0.15, 0.2) is 12.2 Å². The third-order valence-corrected chi connectivity index (χ3v) is 21.8. The maximum absolute atomic E-state index is 13.1. The molecule has 0 aliphatic heterocycles. The molecular formula is C85H166O17P2. The van der Waals surface area contributed by atoms with E-state index in [1.165, 1.54) is 257 Å². The molecule has 0 amide bonds. The van der Waals surface area contributed by atoms with Crippen LogP contribution >= 0.6 is 15.6 Å². The molecule has 17 nitrogen and oxygen atoms in total. The van der Waals surface area contributed by atoms with Crippen LogP contribution in [0.2, 0.25) is 0 Å². The molecule has 2 unspecified atom stereocenters. The van der Waals surface area contributed by atoms with Gasteiger partial charge < -0.3 is 33.8 Å². The number of phosphoric acid groups is 2. The summed E-state index contributed by atoms with van der Waals surface area (Å²) in [5.41, 5.74) is 0. The van der Waals surface area contributed by atoms with E-state index in [0.29, 0.717) is 25.7 Å². The minimum atomic E-state index is -4.97. The first-order chi connectivity index (χ1) is 50.2. The van der Waals surface area contributed by atoms with Gasteiger partial charge in [-0.25, -0.2) is 9.13 Å². The third-order valence-electron chi connectivity index (χ3n) is 19.9. The summed E-state index contributed by atoms with van der Waals surface area (Å²) in [5.74, 6) is 0.307. The van der Waals surface area contributed by atoms with Crippen LogP contribution in [0.4, 0.5) is 0 Å². The summed E-state index contributed by atoms with van der Waals surface area (Å²) in [6.45, 7) is 12.0. The Morgan fingerprint density at radius 3 is 0.654 bits per heavy atom. The summed E-state index contributed by atoms with van der Waals surface area (Å²) in [4.78, 5) is 73.1. The highest BCUT2D eigenvalue weighted by atomic mass is 31.2. The number of carbonyl (C=O) groups is 4. The second-order valence-corrected chi connectivity index (χ2v) is 34.9. The number of unbranched alkanes of at least 4 members (excludes halogenated alkanes) is 51. The predicted molar refractivity (Wildman–Crippen MR) is 428 cm³/mol. The van der Waals surface area contributed by atoms with Crippen LogP contribution in [0, 0.1) is 17.8 Å². The van der Waals surface area contributed by atoms with Crippen molar-refractivity contribution >= 4 is 39.5 Å². The molecule has 0 rings (SSSR count). The molecule has 0 bridgehead atoms. The Morgan fingerprint density at radius 2 is 0.442 bits per heavy atom. The number of phosphoric ester groups is 2. The largest absolute Gasteiger partial charge is 0.472 e. The van der Waals surface area contributed by atoms with Gasteiger partial charge in [0.2, 0.25) is 0 Å². The molecule has 0 radical (unpaired) electrons. The predicted octanol–water partition coefficient (Wildman–Crippen LogP) is 25.7. The highest BCUT2D eigenvalue weighted by molar-refractivity contribution is 7.47. The summed E-state index contributed by atoms with van der Waals surface area (Å²) in [6.07, 6.45) is 65.3. The average molecular weight is 1520 g/mol. The molecule has 0 aliphatic rings. The van der Waals surface area contributed by atoms with Crippen molar-refractivity contribution in [3.8, 4) is 0 Å². The van der Waals surface area contributed by atoms with Gasteiger partial charge >= 0.3 is 39.5 Å². The van der Waals surface area contributed by atoms with Crippen molar-refractivity contribution < 1.29 is 80.2 Å². The molecular weight excluding hydrogens is 1350 g/mol. The first-order valence-corrected chi connectivity index (χ1v) is 46.8. The molecule has 0 saturated carbocycles. The van der Waals surface area contributed by atoms with Crippen molar-refractivity contribution in [2.24, 2.45) is 17.8 Å². The maximum atomic E-state index is 13.1. The topological polar surface area (TPSA) is 237 Å². The van der Waals surface area contributed by atoms with Gasteiger partial charge in [-0.3, -0.25) is 37.3 Å². The summed E-state index contributed by atoms with van der Waals surface area (Å²) in [5, 5.41) is 10.7. The number of esters is 4. The molecule has 0 aromatic carbocycles. The lowest BCUT2D eigenvalue weighted by atomic mass is 10.0. The van der Waals surface area contributed by atoms with E-state index in [1.54, 1.807) is 0 Å². The molecule has 0 aliphatic carbocycles. The van der Waals surface area contributed by atoms with Crippen molar-refractivity contribution in [1.29, 1.82) is 0 Å². The molecule has 0 spiro atoms. The van der Waals surface area contributed by atoms with E-state index in [4.69, 9.17) is 37.0 Å². The number of rotatable bonds is 83. The Hall–Kier alpha value is -1.94. The van der Waals surface area contributed by atoms with Crippen LogP contribution in [0.5, 0.6) is 0 Å². The first kappa shape index (κ1) is 102. The molecule has 104 heavy (non-hydrogen) atoms. The van der Waals surface area contributed by atoms with Gasteiger partial charge in [-0.1, -0.05) is 395 Å². The second kappa shape index (κ2) is 75.1. The van der Waals surface area contributed by atoms with Crippen LogP contribution in [-0.4, -0.2) is 96.7 Å². The fourth-order valence-corrected chi connectivity index (χ4v) is 14.8. The molecule has 0 saturated heterocycles. The molecule has 0 aromatic heterocycles. The Morgan fingerprint density at radius 1 is 0.260 bits per heavy atom. The van der Waals surface area contributed by atoms with Crippen molar-refractivity contribution in [2.45, 2.75) is 465 Å².